The first-order valence-corrected chi connectivity index (χ1v) is 9.31. The van der Waals surface area contributed by atoms with Gasteiger partial charge in [-0.1, -0.05) is 48.2 Å². The predicted molar refractivity (Wildman–Crippen MR) is 110 cm³/mol. The monoisotopic (exact) mass is 371 g/mol. The first kappa shape index (κ1) is 19.8. The summed E-state index contributed by atoms with van der Waals surface area (Å²) in [5.41, 5.74) is 3.87. The van der Waals surface area contributed by atoms with Gasteiger partial charge < -0.3 is 10.7 Å². The second-order valence-corrected chi connectivity index (χ2v) is 6.76. The van der Waals surface area contributed by atoms with E-state index in [2.05, 4.69) is 11.7 Å². The molecule has 0 spiro atoms. The highest BCUT2D eigenvalue weighted by molar-refractivity contribution is 8.14. The highest BCUT2D eigenvalue weighted by Crippen LogP contribution is 2.26. The summed E-state index contributed by atoms with van der Waals surface area (Å²) in [5.74, 6) is 11.7. The average molecular weight is 372 g/mol. The van der Waals surface area contributed by atoms with E-state index >= 15 is 0 Å². The molecule has 0 unspecified atom stereocenters. The van der Waals surface area contributed by atoms with Gasteiger partial charge in [-0.15, -0.1) is 0 Å². The molecular weight excluding hydrogens is 346 g/mol. The van der Waals surface area contributed by atoms with Crippen LogP contribution in [0.1, 0.15) is 18.9 Å². The summed E-state index contributed by atoms with van der Waals surface area (Å²) in [6.07, 6.45) is 6.54. The Labute approximate surface area is 158 Å². The Morgan fingerprint density at radius 1 is 1.42 bits per heavy atom. The van der Waals surface area contributed by atoms with Crippen LogP contribution in [0, 0.1) is 6.92 Å². The summed E-state index contributed by atoms with van der Waals surface area (Å²) in [6, 6.07) is 7.66. The van der Waals surface area contributed by atoms with Crippen LogP contribution in [-0.4, -0.2) is 28.3 Å². The molecule has 7 heteroatoms. The van der Waals surface area contributed by atoms with Crippen LogP contribution in [0.4, 0.5) is 5.69 Å². The van der Waals surface area contributed by atoms with E-state index in [-0.39, 0.29) is 11.7 Å². The van der Waals surface area contributed by atoms with Crippen LogP contribution in [0.2, 0.25) is 0 Å². The number of amides is 1. The second-order valence-electron chi connectivity index (χ2n) is 5.82. The lowest BCUT2D eigenvalue weighted by atomic mass is 10.2. The van der Waals surface area contributed by atoms with Crippen LogP contribution in [-0.2, 0) is 4.79 Å². The molecule has 0 aliphatic carbocycles. The molecule has 0 atom stereocenters. The maximum absolute atomic E-state index is 12.6. The lowest BCUT2D eigenvalue weighted by molar-refractivity contribution is -0.125. The topological polar surface area (TPSA) is 88.0 Å². The smallest absolute Gasteiger partial charge is 0.237 e. The molecule has 26 heavy (non-hydrogen) atoms. The fraction of sp³-hybridized carbons (Fsp3) is 0.263. The molecule has 1 aromatic rings. The van der Waals surface area contributed by atoms with E-state index in [1.807, 2.05) is 50.3 Å². The molecule has 1 aliphatic rings. The van der Waals surface area contributed by atoms with E-state index in [1.165, 1.54) is 16.8 Å². The van der Waals surface area contributed by atoms with Crippen LogP contribution in [0.25, 0.3) is 0 Å². The van der Waals surface area contributed by atoms with Crippen LogP contribution < -0.4 is 16.7 Å². The number of hydrazine groups is 1. The Morgan fingerprint density at radius 3 is 2.69 bits per heavy atom. The number of nitrogens with zero attached hydrogens (tertiary/aromatic N) is 3. The van der Waals surface area contributed by atoms with Crippen molar-refractivity contribution in [3.8, 4) is 0 Å². The Morgan fingerprint density at radius 2 is 2.12 bits per heavy atom. The third kappa shape index (κ3) is 4.56. The number of allylic oxidation sites excluding steroid dienone is 3. The normalized spacial score (nSPS) is 15.0. The van der Waals surface area contributed by atoms with Gasteiger partial charge in [-0.2, -0.15) is 5.10 Å². The van der Waals surface area contributed by atoms with E-state index in [4.69, 9.17) is 11.7 Å². The summed E-state index contributed by atoms with van der Waals surface area (Å²) >= 11 is 1.21. The molecule has 0 radical (unpaired) electrons. The molecule has 4 N–H and O–H groups in total. The molecule has 0 aromatic heterocycles. The zero-order chi connectivity index (χ0) is 19.1. The molecule has 1 amide bonds. The van der Waals surface area contributed by atoms with Gasteiger partial charge in [0.15, 0.2) is 0 Å². The standard InChI is InChI=1S/C19H25N5OS/c1-4-6-15-11-12-23(17(15)5-2)18(25)13-26-19(22-20)24(21)16-9-7-14(3)8-10-16/h4-10H,2,11-13,20-21H2,1,3H3/b6-4-,22-19+. The van der Waals surface area contributed by atoms with Crippen molar-refractivity contribution in [1.82, 2.24) is 4.90 Å². The van der Waals surface area contributed by atoms with Gasteiger partial charge in [0, 0.05) is 12.2 Å². The number of hydrogen-bond donors (Lipinski definition) is 2. The van der Waals surface area contributed by atoms with Gasteiger partial charge in [0.1, 0.15) is 0 Å². The highest BCUT2D eigenvalue weighted by Gasteiger charge is 2.25. The third-order valence-corrected chi connectivity index (χ3v) is 4.99. The van der Waals surface area contributed by atoms with Gasteiger partial charge in [-0.25, -0.2) is 5.84 Å². The SMILES string of the molecule is C=CC1=C(/C=C\C)CCN1C(=O)CS/C(=N/N)N(N)c1ccc(C)cc1. The minimum Gasteiger partial charge on any atom is -0.321 e. The van der Waals surface area contributed by atoms with Gasteiger partial charge >= 0.3 is 0 Å². The van der Waals surface area contributed by atoms with Crippen molar-refractivity contribution in [2.45, 2.75) is 20.3 Å². The summed E-state index contributed by atoms with van der Waals surface area (Å²) in [7, 11) is 0. The number of rotatable bonds is 5. The molecule has 0 saturated carbocycles. The van der Waals surface area contributed by atoms with Gasteiger partial charge in [0.25, 0.3) is 0 Å². The number of benzene rings is 1. The molecule has 0 fully saturated rings. The number of nitrogens with two attached hydrogens (primary N) is 2. The number of hydrazone groups is 1. The minimum atomic E-state index is -0.0251. The summed E-state index contributed by atoms with van der Waals surface area (Å²) in [4.78, 5) is 14.4. The number of thioether (sulfide) groups is 1. The molecule has 138 valence electrons. The summed E-state index contributed by atoms with van der Waals surface area (Å²) < 4.78 is 0. The highest BCUT2D eigenvalue weighted by atomic mass is 32.2. The van der Waals surface area contributed by atoms with Crippen molar-refractivity contribution in [2.24, 2.45) is 16.8 Å². The fourth-order valence-corrected chi connectivity index (χ4v) is 3.44. The van der Waals surface area contributed by atoms with Crippen molar-refractivity contribution in [3.05, 3.63) is 65.9 Å². The lowest BCUT2D eigenvalue weighted by Gasteiger charge is -2.21. The molecule has 1 aliphatic heterocycles. The molecule has 1 heterocycles. The van der Waals surface area contributed by atoms with Gasteiger partial charge in [-0.3, -0.25) is 9.80 Å². The quantitative estimate of drug-likeness (QED) is 0.360. The number of hydrogen-bond acceptors (Lipinski definition) is 5. The lowest BCUT2D eigenvalue weighted by Crippen LogP contribution is -2.38. The Hall–Kier alpha value is -2.51. The van der Waals surface area contributed by atoms with E-state index in [0.717, 1.165) is 28.9 Å². The van der Waals surface area contributed by atoms with E-state index in [0.29, 0.717) is 11.7 Å². The zero-order valence-electron chi connectivity index (χ0n) is 15.2. The maximum atomic E-state index is 12.6. The Bertz CT molecular complexity index is 752. The molecule has 1 aromatic carbocycles. The van der Waals surface area contributed by atoms with E-state index < -0.39 is 0 Å². The van der Waals surface area contributed by atoms with Crippen molar-refractivity contribution >= 4 is 28.5 Å². The number of anilines is 1. The minimum absolute atomic E-state index is 0.0251. The Kier molecular flexibility index (Phi) is 7.06. The molecule has 0 bridgehead atoms. The van der Waals surface area contributed by atoms with Crippen LogP contribution in [0.15, 0.2) is 65.4 Å². The van der Waals surface area contributed by atoms with E-state index in [1.54, 1.807) is 11.0 Å². The van der Waals surface area contributed by atoms with Crippen LogP contribution in [0.5, 0.6) is 0 Å². The van der Waals surface area contributed by atoms with E-state index in [9.17, 15) is 4.79 Å². The fourth-order valence-electron chi connectivity index (χ4n) is 2.71. The second kappa shape index (κ2) is 9.26. The third-order valence-electron chi connectivity index (χ3n) is 4.04. The zero-order valence-corrected chi connectivity index (χ0v) is 16.0. The number of carbonyl (C=O) groups is 1. The largest absolute Gasteiger partial charge is 0.321 e. The van der Waals surface area contributed by atoms with Crippen molar-refractivity contribution in [3.63, 3.8) is 0 Å². The van der Waals surface area contributed by atoms with Gasteiger partial charge in [0.2, 0.25) is 11.1 Å². The van der Waals surface area contributed by atoms with Gasteiger partial charge in [-0.05, 0) is 44.1 Å². The molecule has 0 saturated heterocycles. The molecule has 2 rings (SSSR count). The van der Waals surface area contributed by atoms with Gasteiger partial charge in [0.05, 0.1) is 11.4 Å². The van der Waals surface area contributed by atoms with Crippen molar-refractivity contribution < 1.29 is 4.79 Å². The first-order valence-electron chi connectivity index (χ1n) is 8.32. The van der Waals surface area contributed by atoms with Crippen LogP contribution >= 0.6 is 11.8 Å². The first-order chi connectivity index (χ1) is 12.5. The maximum Gasteiger partial charge on any atom is 0.237 e. The number of amidine groups is 1. The molecule has 6 nitrogen and oxygen atoms in total. The average Bonchev–Trinajstić information content (AvgIpc) is 3.05. The predicted octanol–water partition coefficient (Wildman–Crippen LogP) is 2.89. The van der Waals surface area contributed by atoms with Crippen LogP contribution in [0.3, 0.4) is 0 Å². The van der Waals surface area contributed by atoms with Crippen molar-refractivity contribution in [2.75, 3.05) is 17.3 Å². The molecular formula is C19H25N5OS. The number of aryl methyl sites for hydroxylation is 1. The van der Waals surface area contributed by atoms with Crippen molar-refractivity contribution in [1.29, 1.82) is 0 Å². The Balaban J connectivity index is 2.03. The number of carbonyl (C=O) groups excluding carboxylic acids is 1. The summed E-state index contributed by atoms with van der Waals surface area (Å²) in [6.45, 7) is 8.44. The summed E-state index contributed by atoms with van der Waals surface area (Å²) in [5, 5.41) is 5.50.